The van der Waals surface area contributed by atoms with Crippen molar-refractivity contribution in [3.63, 3.8) is 0 Å². The van der Waals surface area contributed by atoms with Gasteiger partial charge in [-0.2, -0.15) is 0 Å². The van der Waals surface area contributed by atoms with E-state index in [0.717, 1.165) is 5.56 Å². The van der Waals surface area contributed by atoms with E-state index in [0.29, 0.717) is 10.6 Å². The number of aryl methyl sites for hydroxylation is 1. The molecule has 1 aliphatic carbocycles. The van der Waals surface area contributed by atoms with E-state index in [2.05, 4.69) is 0 Å². The maximum atomic E-state index is 13.0. The molecule has 3 rings (SSSR count). The van der Waals surface area contributed by atoms with Crippen molar-refractivity contribution in [1.29, 1.82) is 0 Å². The van der Waals surface area contributed by atoms with Crippen molar-refractivity contribution in [2.24, 2.45) is 5.41 Å². The van der Waals surface area contributed by atoms with Gasteiger partial charge in [-0.3, -0.25) is 4.79 Å². The molecule has 2 aromatic carbocycles. The lowest BCUT2D eigenvalue weighted by molar-refractivity contribution is -0.145. The monoisotopic (exact) mass is 380 g/mol. The third-order valence-electron chi connectivity index (χ3n) is 4.83. The molecule has 25 heavy (non-hydrogen) atoms. The Morgan fingerprint density at radius 3 is 2.16 bits per heavy atom. The Morgan fingerprint density at radius 1 is 1.12 bits per heavy atom. The fraction of sp³-hybridized carbons (Fsp3) is 0.278. The second-order valence-corrected chi connectivity index (χ2v) is 8.82. The van der Waals surface area contributed by atoms with Crippen LogP contribution in [0, 0.1) is 12.3 Å². The molecule has 2 aromatic rings. The first-order chi connectivity index (χ1) is 11.7. The molecule has 1 fully saturated rings. The van der Waals surface area contributed by atoms with Crippen molar-refractivity contribution in [3.8, 4) is 0 Å². The third kappa shape index (κ3) is 2.74. The summed E-state index contributed by atoms with van der Waals surface area (Å²) in [7, 11) is -3.93. The molecule has 0 aliphatic heterocycles. The average Bonchev–Trinajstić information content (AvgIpc) is 3.27. The minimum Gasteiger partial charge on any atom is -0.481 e. The number of aliphatic hydroxyl groups excluding tert-OH is 1. The number of benzene rings is 2. The predicted molar refractivity (Wildman–Crippen MR) is 93.5 cm³/mol. The van der Waals surface area contributed by atoms with Crippen LogP contribution < -0.4 is 0 Å². The molecule has 0 amide bonds. The largest absolute Gasteiger partial charge is 0.481 e. The quantitative estimate of drug-likeness (QED) is 0.832. The van der Waals surface area contributed by atoms with Gasteiger partial charge in [-0.05, 0) is 36.8 Å². The predicted octanol–water partition coefficient (Wildman–Crippen LogP) is 2.65. The lowest BCUT2D eigenvalue weighted by atomic mass is 10.0. The van der Waals surface area contributed by atoms with Gasteiger partial charge in [0.25, 0.3) is 0 Å². The number of carboxylic acids is 1. The van der Waals surface area contributed by atoms with Crippen LogP contribution in [-0.2, 0) is 14.6 Å². The summed E-state index contributed by atoms with van der Waals surface area (Å²) in [6.45, 7) is 1.07. The molecule has 7 heteroatoms. The highest BCUT2D eigenvalue weighted by atomic mass is 35.5. The topological polar surface area (TPSA) is 91.7 Å². The first-order valence-electron chi connectivity index (χ1n) is 7.65. The van der Waals surface area contributed by atoms with Crippen molar-refractivity contribution < 1.29 is 23.4 Å². The summed E-state index contributed by atoms with van der Waals surface area (Å²) < 4.78 is 26.1. The first kappa shape index (κ1) is 17.9. The summed E-state index contributed by atoms with van der Waals surface area (Å²) in [5, 5.41) is 18.7. The number of rotatable bonds is 5. The number of hydrogen-bond donors (Lipinski definition) is 2. The van der Waals surface area contributed by atoms with Crippen molar-refractivity contribution >= 4 is 27.4 Å². The number of sulfone groups is 1. The lowest BCUT2D eigenvalue weighted by Gasteiger charge is -2.09. The van der Waals surface area contributed by atoms with Crippen LogP contribution >= 0.6 is 11.6 Å². The van der Waals surface area contributed by atoms with Crippen LogP contribution in [-0.4, -0.2) is 36.5 Å². The summed E-state index contributed by atoms with van der Waals surface area (Å²) >= 11 is 5.86. The zero-order valence-corrected chi connectivity index (χ0v) is 15.0. The van der Waals surface area contributed by atoms with Crippen molar-refractivity contribution in [1.82, 2.24) is 0 Å². The van der Waals surface area contributed by atoms with Crippen LogP contribution in [0.25, 0.3) is 0 Å². The van der Waals surface area contributed by atoms with Gasteiger partial charge in [0.05, 0.1) is 16.8 Å². The number of aliphatic carboxylic acids is 1. The lowest BCUT2D eigenvalue weighted by Crippen LogP contribution is -2.27. The molecule has 0 radical (unpaired) electrons. The fourth-order valence-corrected chi connectivity index (χ4v) is 5.88. The maximum absolute atomic E-state index is 13.0. The highest BCUT2D eigenvalue weighted by Crippen LogP contribution is 2.64. The van der Waals surface area contributed by atoms with Crippen LogP contribution in [0.15, 0.2) is 53.4 Å². The van der Waals surface area contributed by atoms with E-state index < -0.39 is 39.0 Å². The number of aliphatic hydroxyl groups is 1. The van der Waals surface area contributed by atoms with E-state index in [1.165, 1.54) is 12.1 Å². The van der Waals surface area contributed by atoms with E-state index in [9.17, 15) is 23.4 Å². The molecule has 3 atom stereocenters. The van der Waals surface area contributed by atoms with Gasteiger partial charge in [-0.15, -0.1) is 0 Å². The molecule has 1 aliphatic rings. The van der Waals surface area contributed by atoms with Gasteiger partial charge in [0, 0.05) is 10.9 Å². The minimum atomic E-state index is -3.93. The average molecular weight is 381 g/mol. The van der Waals surface area contributed by atoms with Crippen molar-refractivity contribution in [2.75, 3.05) is 6.61 Å². The zero-order chi connectivity index (χ0) is 18.4. The smallest absolute Gasteiger partial charge is 0.314 e. The normalized spacial score (nSPS) is 25.6. The van der Waals surface area contributed by atoms with E-state index in [1.54, 1.807) is 36.4 Å². The second kappa shape index (κ2) is 6.12. The molecule has 2 N–H and O–H groups in total. The number of halogens is 1. The molecule has 0 aromatic heterocycles. The Labute approximate surface area is 150 Å². The van der Waals surface area contributed by atoms with E-state index >= 15 is 0 Å². The Hall–Kier alpha value is -1.89. The number of carboxylic acid groups (broad SMARTS) is 1. The Morgan fingerprint density at radius 2 is 1.68 bits per heavy atom. The minimum absolute atomic E-state index is 0.0543. The van der Waals surface area contributed by atoms with Gasteiger partial charge in [0.15, 0.2) is 9.84 Å². The summed E-state index contributed by atoms with van der Waals surface area (Å²) in [6.07, 6.45) is 0. The SMILES string of the molecule is Cc1ccc(S(=O)(=O)[C@H]2[C@@H](c3ccc(Cl)cc3)[C@@]2(CO)C(=O)O)cc1. The molecular weight excluding hydrogens is 364 g/mol. The molecule has 0 spiro atoms. The highest BCUT2D eigenvalue weighted by molar-refractivity contribution is 7.92. The van der Waals surface area contributed by atoms with Crippen molar-refractivity contribution in [2.45, 2.75) is 23.0 Å². The number of hydrogen-bond acceptors (Lipinski definition) is 4. The molecule has 1 saturated carbocycles. The van der Waals surface area contributed by atoms with E-state index in [4.69, 9.17) is 11.6 Å². The van der Waals surface area contributed by atoms with Crippen LogP contribution in [0.2, 0.25) is 5.02 Å². The molecule has 0 saturated heterocycles. The van der Waals surface area contributed by atoms with Gasteiger partial charge in [-0.1, -0.05) is 41.4 Å². The Bertz CT molecular complexity index is 905. The Balaban J connectivity index is 2.10. The molecule has 0 bridgehead atoms. The maximum Gasteiger partial charge on any atom is 0.314 e. The fourth-order valence-electron chi connectivity index (χ4n) is 3.39. The van der Waals surface area contributed by atoms with E-state index in [-0.39, 0.29) is 4.90 Å². The number of carbonyl (C=O) groups is 1. The van der Waals surface area contributed by atoms with Gasteiger partial charge in [0.2, 0.25) is 0 Å². The van der Waals surface area contributed by atoms with Gasteiger partial charge in [0.1, 0.15) is 5.41 Å². The van der Waals surface area contributed by atoms with Crippen LogP contribution in [0.3, 0.4) is 0 Å². The molecule has 5 nitrogen and oxygen atoms in total. The van der Waals surface area contributed by atoms with Crippen LogP contribution in [0.1, 0.15) is 17.0 Å². The molecule has 132 valence electrons. The standard InChI is InChI=1S/C18H17ClO5S/c1-11-2-8-14(9-3-11)25(23,24)16-15(18(16,10-20)17(21)22)12-4-6-13(19)7-5-12/h2-9,15-16,20H,10H2,1H3,(H,21,22)/t15-,16+,18-/m1/s1. The van der Waals surface area contributed by atoms with Crippen molar-refractivity contribution in [3.05, 3.63) is 64.7 Å². The van der Waals surface area contributed by atoms with Crippen LogP contribution in [0.4, 0.5) is 0 Å². The summed E-state index contributed by atoms with van der Waals surface area (Å²) in [5.41, 5.74) is -0.324. The third-order valence-corrected chi connectivity index (χ3v) is 7.37. The van der Waals surface area contributed by atoms with Gasteiger partial charge < -0.3 is 10.2 Å². The molecule has 0 heterocycles. The first-order valence-corrected chi connectivity index (χ1v) is 9.58. The zero-order valence-electron chi connectivity index (χ0n) is 13.4. The summed E-state index contributed by atoms with van der Waals surface area (Å²) in [4.78, 5) is 11.9. The van der Waals surface area contributed by atoms with Crippen LogP contribution in [0.5, 0.6) is 0 Å². The summed E-state index contributed by atoms with van der Waals surface area (Å²) in [5.74, 6) is -2.16. The van der Waals surface area contributed by atoms with Gasteiger partial charge >= 0.3 is 5.97 Å². The van der Waals surface area contributed by atoms with Gasteiger partial charge in [-0.25, -0.2) is 8.42 Å². The van der Waals surface area contributed by atoms with E-state index in [1.807, 2.05) is 6.92 Å². The molecule has 0 unspecified atom stereocenters. The Kier molecular flexibility index (Phi) is 4.39. The second-order valence-electron chi connectivity index (χ2n) is 6.31. The highest BCUT2D eigenvalue weighted by Gasteiger charge is 2.75. The summed E-state index contributed by atoms with van der Waals surface area (Å²) in [6, 6.07) is 12.6. The molecular formula is C18H17ClO5S.